The molecule has 8 nitrogen and oxygen atoms in total. The molecule has 2 aromatic rings. The number of rotatable bonds is 11. The van der Waals surface area contributed by atoms with Crippen LogP contribution in [-0.2, 0) is 37.0 Å². The van der Waals surface area contributed by atoms with Crippen molar-refractivity contribution < 1.29 is 28.6 Å². The number of amides is 2. The maximum atomic E-state index is 13.1. The summed E-state index contributed by atoms with van der Waals surface area (Å²) in [5.41, 5.74) is 1.03. The molecule has 0 saturated heterocycles. The van der Waals surface area contributed by atoms with E-state index in [0.717, 1.165) is 11.1 Å². The predicted octanol–water partition coefficient (Wildman–Crippen LogP) is 3.98. The van der Waals surface area contributed by atoms with Gasteiger partial charge in [-0.15, -0.1) is 0 Å². The van der Waals surface area contributed by atoms with E-state index in [4.69, 9.17) is 14.2 Å². The summed E-state index contributed by atoms with van der Waals surface area (Å²) in [5, 5.41) is 5.26. The van der Waals surface area contributed by atoms with E-state index in [1.807, 2.05) is 60.7 Å². The van der Waals surface area contributed by atoms with E-state index in [-0.39, 0.29) is 25.7 Å². The average Bonchev–Trinajstić information content (AvgIpc) is 2.80. The van der Waals surface area contributed by atoms with E-state index in [9.17, 15) is 14.4 Å². The van der Waals surface area contributed by atoms with Crippen molar-refractivity contribution in [3.05, 3.63) is 71.8 Å². The number of nitrogens with one attached hydrogen (secondary N) is 2. The first kappa shape index (κ1) is 27.9. The van der Waals surface area contributed by atoms with E-state index < -0.39 is 35.7 Å². The SMILES string of the molecule is CC(C)[C@H](NC(=O)[C@H](COCc1ccccc1)NC(=O)OC(C)(C)C)C(=O)OCc1ccccc1. The molecule has 0 saturated carbocycles. The molecule has 0 aliphatic carbocycles. The lowest BCUT2D eigenvalue weighted by molar-refractivity contribution is -0.150. The Kier molecular flexibility index (Phi) is 10.7. The smallest absolute Gasteiger partial charge is 0.408 e. The summed E-state index contributed by atoms with van der Waals surface area (Å²) in [6.45, 7) is 9.03. The highest BCUT2D eigenvalue weighted by Gasteiger charge is 2.31. The highest BCUT2D eigenvalue weighted by Crippen LogP contribution is 2.10. The lowest BCUT2D eigenvalue weighted by Crippen LogP contribution is -2.55. The van der Waals surface area contributed by atoms with E-state index >= 15 is 0 Å². The minimum atomic E-state index is -1.07. The number of hydrogen-bond acceptors (Lipinski definition) is 6. The van der Waals surface area contributed by atoms with Gasteiger partial charge in [0.25, 0.3) is 0 Å². The number of hydrogen-bond donors (Lipinski definition) is 2. The predicted molar refractivity (Wildman–Crippen MR) is 132 cm³/mol. The van der Waals surface area contributed by atoms with Crippen LogP contribution < -0.4 is 10.6 Å². The summed E-state index contributed by atoms with van der Waals surface area (Å²) in [5.74, 6) is -1.37. The number of benzene rings is 2. The van der Waals surface area contributed by atoms with E-state index in [1.54, 1.807) is 34.6 Å². The van der Waals surface area contributed by atoms with Gasteiger partial charge in [0.1, 0.15) is 24.3 Å². The molecule has 2 atom stereocenters. The zero-order chi connectivity index (χ0) is 25.8. The Labute approximate surface area is 207 Å². The van der Waals surface area contributed by atoms with Crippen molar-refractivity contribution in [1.29, 1.82) is 0 Å². The van der Waals surface area contributed by atoms with Crippen molar-refractivity contribution in [2.24, 2.45) is 5.92 Å². The number of ether oxygens (including phenoxy) is 3. The lowest BCUT2D eigenvalue weighted by Gasteiger charge is -2.26. The zero-order valence-corrected chi connectivity index (χ0v) is 21.1. The summed E-state index contributed by atoms with van der Waals surface area (Å²) >= 11 is 0. The highest BCUT2D eigenvalue weighted by atomic mass is 16.6. The van der Waals surface area contributed by atoms with Crippen LogP contribution in [0.5, 0.6) is 0 Å². The molecule has 0 heterocycles. The largest absolute Gasteiger partial charge is 0.459 e. The van der Waals surface area contributed by atoms with Crippen molar-refractivity contribution in [3.63, 3.8) is 0 Å². The summed E-state index contributed by atoms with van der Waals surface area (Å²) in [4.78, 5) is 38.2. The van der Waals surface area contributed by atoms with Gasteiger partial charge in [0.15, 0.2) is 0 Å². The van der Waals surface area contributed by atoms with Crippen molar-refractivity contribution in [3.8, 4) is 0 Å². The van der Waals surface area contributed by atoms with E-state index in [2.05, 4.69) is 10.6 Å². The molecule has 190 valence electrons. The van der Waals surface area contributed by atoms with Gasteiger partial charge >= 0.3 is 12.1 Å². The average molecular weight is 485 g/mol. The molecule has 2 N–H and O–H groups in total. The van der Waals surface area contributed by atoms with Crippen LogP contribution in [0.1, 0.15) is 45.7 Å². The van der Waals surface area contributed by atoms with E-state index in [1.165, 1.54) is 0 Å². The molecule has 0 bridgehead atoms. The van der Waals surface area contributed by atoms with Gasteiger partial charge in [-0.05, 0) is 37.8 Å². The van der Waals surface area contributed by atoms with Gasteiger partial charge in [0.05, 0.1) is 13.2 Å². The van der Waals surface area contributed by atoms with Crippen LogP contribution in [-0.4, -0.2) is 42.3 Å². The fourth-order valence-corrected chi connectivity index (χ4v) is 3.07. The first-order chi connectivity index (χ1) is 16.5. The Hall–Kier alpha value is -3.39. The molecule has 8 heteroatoms. The van der Waals surface area contributed by atoms with Gasteiger partial charge in [-0.1, -0.05) is 74.5 Å². The van der Waals surface area contributed by atoms with Gasteiger partial charge in [-0.3, -0.25) is 4.79 Å². The number of alkyl carbamates (subject to hydrolysis) is 1. The molecule has 0 fully saturated rings. The number of carbonyl (C=O) groups is 3. The van der Waals surface area contributed by atoms with Gasteiger partial charge in [0.2, 0.25) is 5.91 Å². The third kappa shape index (κ3) is 10.6. The second-order valence-corrected chi connectivity index (χ2v) is 9.52. The first-order valence-corrected chi connectivity index (χ1v) is 11.7. The molecule has 0 radical (unpaired) electrons. The second-order valence-electron chi connectivity index (χ2n) is 9.52. The summed E-state index contributed by atoms with van der Waals surface area (Å²) in [6, 6.07) is 16.8. The lowest BCUT2D eigenvalue weighted by atomic mass is 10.0. The molecule has 2 aromatic carbocycles. The van der Waals surface area contributed by atoms with Crippen LogP contribution in [0, 0.1) is 5.92 Å². The van der Waals surface area contributed by atoms with Crippen molar-refractivity contribution >= 4 is 18.0 Å². The first-order valence-electron chi connectivity index (χ1n) is 11.7. The van der Waals surface area contributed by atoms with Gasteiger partial charge < -0.3 is 24.8 Å². The molecular weight excluding hydrogens is 448 g/mol. The van der Waals surface area contributed by atoms with Crippen molar-refractivity contribution in [1.82, 2.24) is 10.6 Å². The van der Waals surface area contributed by atoms with Crippen molar-refractivity contribution in [2.45, 2.75) is 65.5 Å². The minimum absolute atomic E-state index is 0.0958. The second kappa shape index (κ2) is 13.5. The Morgan fingerprint density at radius 1 is 0.829 bits per heavy atom. The summed E-state index contributed by atoms with van der Waals surface area (Å²) in [7, 11) is 0. The van der Waals surface area contributed by atoms with Crippen LogP contribution in [0.2, 0.25) is 0 Å². The van der Waals surface area contributed by atoms with Crippen LogP contribution in [0.4, 0.5) is 4.79 Å². The Morgan fingerprint density at radius 2 is 1.37 bits per heavy atom. The number of carbonyl (C=O) groups excluding carboxylic acids is 3. The van der Waals surface area contributed by atoms with Crippen LogP contribution in [0.3, 0.4) is 0 Å². The molecule has 35 heavy (non-hydrogen) atoms. The van der Waals surface area contributed by atoms with Crippen LogP contribution in [0.25, 0.3) is 0 Å². The third-order valence-electron chi connectivity index (χ3n) is 4.85. The molecule has 0 unspecified atom stereocenters. The topological polar surface area (TPSA) is 103 Å². The molecule has 2 rings (SSSR count). The molecule has 0 aliphatic rings. The quantitative estimate of drug-likeness (QED) is 0.468. The Balaban J connectivity index is 2.04. The fraction of sp³-hybridized carbons (Fsp3) is 0.444. The fourth-order valence-electron chi connectivity index (χ4n) is 3.07. The third-order valence-corrected chi connectivity index (χ3v) is 4.85. The maximum Gasteiger partial charge on any atom is 0.408 e. The number of esters is 1. The Bertz CT molecular complexity index is 941. The zero-order valence-electron chi connectivity index (χ0n) is 21.1. The molecule has 0 spiro atoms. The molecule has 2 amide bonds. The van der Waals surface area contributed by atoms with Gasteiger partial charge in [0, 0.05) is 0 Å². The molecule has 0 aromatic heterocycles. The van der Waals surface area contributed by atoms with Crippen LogP contribution >= 0.6 is 0 Å². The Morgan fingerprint density at radius 3 is 1.89 bits per heavy atom. The van der Waals surface area contributed by atoms with Gasteiger partial charge in [-0.2, -0.15) is 0 Å². The molecular formula is C27H36N2O6. The summed E-state index contributed by atoms with van der Waals surface area (Å²) in [6.07, 6.45) is -0.756. The minimum Gasteiger partial charge on any atom is -0.459 e. The monoisotopic (exact) mass is 484 g/mol. The van der Waals surface area contributed by atoms with E-state index in [0.29, 0.717) is 0 Å². The normalized spacial score (nSPS) is 13.0. The van der Waals surface area contributed by atoms with Gasteiger partial charge in [-0.25, -0.2) is 9.59 Å². The standard InChI is InChI=1S/C27H36N2O6/c1-19(2)23(25(31)34-17-21-14-10-7-11-15-21)29-24(30)22(28-26(32)35-27(3,4)5)18-33-16-20-12-8-6-9-13-20/h6-15,19,22-23H,16-18H2,1-5H3,(H,28,32)(H,29,30)/t22-,23-/m0/s1. The maximum absolute atomic E-state index is 13.1. The molecule has 0 aliphatic heterocycles. The summed E-state index contributed by atoms with van der Waals surface area (Å²) < 4.78 is 16.4. The van der Waals surface area contributed by atoms with Crippen molar-refractivity contribution in [2.75, 3.05) is 6.61 Å². The van der Waals surface area contributed by atoms with Crippen LogP contribution in [0.15, 0.2) is 60.7 Å². The highest BCUT2D eigenvalue weighted by molar-refractivity contribution is 5.90.